The lowest BCUT2D eigenvalue weighted by atomic mass is 9.98. The molecule has 1 amide bonds. The summed E-state index contributed by atoms with van der Waals surface area (Å²) >= 11 is 8.82. The second-order valence-electron chi connectivity index (χ2n) is 8.25. The van der Waals surface area contributed by atoms with Gasteiger partial charge < -0.3 is 9.84 Å². The number of Topliss-reactive ketones (excluding diaryl/α,β-unsaturated/α-hetero) is 1. The lowest BCUT2D eigenvalue weighted by Crippen LogP contribution is -2.28. The maximum atomic E-state index is 13.3. The molecule has 1 saturated heterocycles. The number of benzene rings is 2. The molecule has 2 aliphatic heterocycles. The molecule has 2 aromatic carbocycles. The summed E-state index contributed by atoms with van der Waals surface area (Å²) in [5.41, 5.74) is 2.18. The van der Waals surface area contributed by atoms with E-state index < -0.39 is 17.7 Å². The highest BCUT2D eigenvalue weighted by Crippen LogP contribution is 2.46. The van der Waals surface area contributed by atoms with Crippen LogP contribution < -0.4 is 9.64 Å². The molecule has 0 aliphatic carbocycles. The molecule has 0 radical (unpaired) electrons. The van der Waals surface area contributed by atoms with Crippen LogP contribution in [0.5, 0.6) is 5.75 Å². The van der Waals surface area contributed by atoms with E-state index in [-0.39, 0.29) is 17.4 Å². The number of thiophene rings is 1. The molecular weight excluding hydrogens is 492 g/mol. The van der Waals surface area contributed by atoms with E-state index in [0.717, 1.165) is 20.9 Å². The minimum absolute atomic E-state index is 0.0524. The van der Waals surface area contributed by atoms with Crippen LogP contribution in [0, 0.1) is 0 Å². The number of carbonyl (C=O) groups excluding carboxylic acids is 2. The molecule has 0 saturated carbocycles. The van der Waals surface area contributed by atoms with Gasteiger partial charge >= 0.3 is 5.91 Å². The Morgan fingerprint density at radius 2 is 2.06 bits per heavy atom. The van der Waals surface area contributed by atoms with Crippen LogP contribution in [-0.2, 0) is 16.0 Å². The number of halogens is 1. The van der Waals surface area contributed by atoms with E-state index in [4.69, 9.17) is 16.3 Å². The fourth-order valence-electron chi connectivity index (χ4n) is 4.46. The molecule has 170 valence electrons. The SMILES string of the molecule is C[C@H]1Cc2cc(C(O)=C3C(=O)C(=O)N(c4nc5ccc(Cl)cc5s4)[C@H]3c3cccs3)ccc2O1. The lowest BCUT2D eigenvalue weighted by molar-refractivity contribution is -0.132. The Morgan fingerprint density at radius 1 is 1.21 bits per heavy atom. The Morgan fingerprint density at radius 3 is 2.85 bits per heavy atom. The van der Waals surface area contributed by atoms with Crippen molar-refractivity contribution in [3.8, 4) is 5.75 Å². The van der Waals surface area contributed by atoms with Crippen molar-refractivity contribution < 1.29 is 19.4 Å². The molecule has 0 unspecified atom stereocenters. The summed E-state index contributed by atoms with van der Waals surface area (Å²) in [7, 11) is 0. The van der Waals surface area contributed by atoms with Crippen molar-refractivity contribution in [1.82, 2.24) is 4.98 Å². The summed E-state index contributed by atoms with van der Waals surface area (Å²) in [5.74, 6) is -0.889. The third-order valence-corrected chi connectivity index (χ3v) is 8.15. The number of aromatic nitrogens is 1. The first-order valence-electron chi connectivity index (χ1n) is 10.6. The number of thiazole rings is 1. The van der Waals surface area contributed by atoms with Gasteiger partial charge in [-0.25, -0.2) is 4.98 Å². The Balaban J connectivity index is 1.51. The van der Waals surface area contributed by atoms with Gasteiger partial charge in [-0.05, 0) is 60.3 Å². The molecule has 6 rings (SSSR count). The van der Waals surface area contributed by atoms with Crippen LogP contribution in [-0.4, -0.2) is 27.9 Å². The minimum Gasteiger partial charge on any atom is -0.507 e. The molecule has 9 heteroatoms. The second kappa shape index (κ2) is 7.94. The summed E-state index contributed by atoms with van der Waals surface area (Å²) in [6, 6.07) is 13.6. The van der Waals surface area contributed by atoms with Gasteiger partial charge in [-0.15, -0.1) is 11.3 Å². The number of carbonyl (C=O) groups is 2. The summed E-state index contributed by atoms with van der Waals surface area (Å²) < 4.78 is 6.56. The fourth-order valence-corrected chi connectivity index (χ4v) is 6.55. The lowest BCUT2D eigenvalue weighted by Gasteiger charge is -2.21. The largest absolute Gasteiger partial charge is 0.507 e. The van der Waals surface area contributed by atoms with Crippen molar-refractivity contribution >= 4 is 67.1 Å². The predicted molar refractivity (Wildman–Crippen MR) is 134 cm³/mol. The third kappa shape index (κ3) is 3.33. The molecule has 34 heavy (non-hydrogen) atoms. The number of amides is 1. The second-order valence-corrected chi connectivity index (χ2v) is 10.7. The highest BCUT2D eigenvalue weighted by molar-refractivity contribution is 7.22. The molecule has 1 N–H and O–H groups in total. The van der Waals surface area contributed by atoms with Crippen LogP contribution in [0.1, 0.15) is 29.0 Å². The van der Waals surface area contributed by atoms with E-state index >= 15 is 0 Å². The van der Waals surface area contributed by atoms with Crippen molar-refractivity contribution in [3.63, 3.8) is 0 Å². The first kappa shape index (κ1) is 21.3. The van der Waals surface area contributed by atoms with Crippen molar-refractivity contribution in [2.75, 3.05) is 4.90 Å². The Hall–Kier alpha value is -3.20. The molecule has 6 nitrogen and oxygen atoms in total. The molecule has 2 atom stereocenters. The average Bonchev–Trinajstić information content (AvgIpc) is 3.58. The number of hydrogen-bond donors (Lipinski definition) is 1. The number of hydrogen-bond acceptors (Lipinski definition) is 7. The molecule has 4 aromatic rings. The summed E-state index contributed by atoms with van der Waals surface area (Å²) in [5, 5.41) is 14.1. The first-order chi connectivity index (χ1) is 16.4. The maximum Gasteiger partial charge on any atom is 0.301 e. The van der Waals surface area contributed by atoms with Gasteiger partial charge in [0.15, 0.2) is 5.13 Å². The molecule has 1 fully saturated rings. The van der Waals surface area contributed by atoms with Crippen molar-refractivity contribution in [1.29, 1.82) is 0 Å². The van der Waals surface area contributed by atoms with Crippen LogP contribution in [0.25, 0.3) is 16.0 Å². The topological polar surface area (TPSA) is 79.7 Å². The van der Waals surface area contributed by atoms with Gasteiger partial charge in [0.25, 0.3) is 5.78 Å². The smallest absolute Gasteiger partial charge is 0.301 e. The van der Waals surface area contributed by atoms with Gasteiger partial charge in [0.2, 0.25) is 0 Å². The van der Waals surface area contributed by atoms with Crippen LogP contribution >= 0.6 is 34.3 Å². The zero-order chi connectivity index (χ0) is 23.6. The molecule has 0 spiro atoms. The number of ether oxygens (including phenoxy) is 1. The van der Waals surface area contributed by atoms with E-state index in [0.29, 0.717) is 27.7 Å². The molecule has 2 aliphatic rings. The van der Waals surface area contributed by atoms with E-state index in [2.05, 4.69) is 4.98 Å². The number of aliphatic hydroxyl groups excluding tert-OH is 1. The van der Waals surface area contributed by atoms with Gasteiger partial charge in [-0.2, -0.15) is 0 Å². The molecule has 2 aromatic heterocycles. The highest BCUT2D eigenvalue weighted by Gasteiger charge is 2.48. The van der Waals surface area contributed by atoms with E-state index in [9.17, 15) is 14.7 Å². The number of rotatable bonds is 3. The monoisotopic (exact) mass is 508 g/mol. The first-order valence-corrected chi connectivity index (χ1v) is 12.7. The van der Waals surface area contributed by atoms with Crippen molar-refractivity contribution in [2.45, 2.75) is 25.5 Å². The fraction of sp³-hybridized carbons (Fsp3) is 0.160. The van der Waals surface area contributed by atoms with Crippen molar-refractivity contribution in [2.24, 2.45) is 0 Å². The number of ketones is 1. The summed E-state index contributed by atoms with van der Waals surface area (Å²) in [4.78, 5) is 33.3. The normalized spacial score (nSPS) is 21.3. The third-order valence-electron chi connectivity index (χ3n) is 5.97. The van der Waals surface area contributed by atoms with E-state index in [1.54, 1.807) is 30.3 Å². The summed E-state index contributed by atoms with van der Waals surface area (Å²) in [6.45, 7) is 1.98. The zero-order valence-corrected chi connectivity index (χ0v) is 20.2. The Kier molecular flexibility index (Phi) is 4.98. The van der Waals surface area contributed by atoms with Gasteiger partial charge in [0.05, 0.1) is 15.8 Å². The minimum atomic E-state index is -0.778. The van der Waals surface area contributed by atoms with Gasteiger partial charge in [0, 0.05) is 21.9 Å². The quantitative estimate of drug-likeness (QED) is 0.210. The van der Waals surface area contributed by atoms with Gasteiger partial charge in [-0.3, -0.25) is 14.5 Å². The number of aliphatic hydroxyl groups is 1. The number of nitrogens with zero attached hydrogens (tertiary/aromatic N) is 2. The van der Waals surface area contributed by atoms with Crippen LogP contribution in [0.3, 0.4) is 0 Å². The van der Waals surface area contributed by atoms with Crippen LogP contribution in [0.4, 0.5) is 5.13 Å². The van der Waals surface area contributed by atoms with E-state index in [1.165, 1.54) is 27.6 Å². The van der Waals surface area contributed by atoms with Crippen molar-refractivity contribution in [3.05, 3.63) is 80.5 Å². The average molecular weight is 509 g/mol. The molecule has 4 heterocycles. The molecule has 0 bridgehead atoms. The number of fused-ring (bicyclic) bond motifs is 2. The maximum absolute atomic E-state index is 13.3. The summed E-state index contributed by atoms with van der Waals surface area (Å²) in [6.07, 6.45) is 0.768. The Labute approximate surface area is 207 Å². The Bertz CT molecular complexity index is 1510. The van der Waals surface area contributed by atoms with Gasteiger partial charge in [-0.1, -0.05) is 29.0 Å². The predicted octanol–water partition coefficient (Wildman–Crippen LogP) is 5.96. The van der Waals surface area contributed by atoms with Crippen LogP contribution in [0.2, 0.25) is 5.02 Å². The number of anilines is 1. The van der Waals surface area contributed by atoms with E-state index in [1.807, 2.05) is 30.5 Å². The van der Waals surface area contributed by atoms with Crippen LogP contribution in [0.15, 0.2) is 59.5 Å². The zero-order valence-electron chi connectivity index (χ0n) is 17.8. The van der Waals surface area contributed by atoms with Gasteiger partial charge in [0.1, 0.15) is 23.7 Å². The standard InChI is InChI=1S/C25H17ClN2O4S2/c1-12-9-14-10-13(4-7-17(14)32-12)22(29)20-21(18-3-2-8-33-18)28(24(31)23(20)30)25-27-16-6-5-15(26)11-19(16)34-25/h2-8,10-12,21,29H,9H2,1H3/t12-,21-/m0/s1. The highest BCUT2D eigenvalue weighted by atomic mass is 35.5. The molecular formula is C25H17ClN2O4S2.